The monoisotopic (exact) mass is 380 g/mol. The molecule has 7 heteroatoms. The molecule has 1 aliphatic carbocycles. The smallest absolute Gasteiger partial charge is 0.153 e. The summed E-state index contributed by atoms with van der Waals surface area (Å²) in [5.41, 5.74) is 1.10. The minimum Gasteiger partial charge on any atom is -0.497 e. The van der Waals surface area contributed by atoms with Crippen molar-refractivity contribution >= 4 is 9.84 Å². The summed E-state index contributed by atoms with van der Waals surface area (Å²) in [6, 6.07) is 6.11. The van der Waals surface area contributed by atoms with Crippen molar-refractivity contribution in [1.29, 1.82) is 0 Å². The van der Waals surface area contributed by atoms with Gasteiger partial charge in [-0.15, -0.1) is 0 Å². The fourth-order valence-corrected chi connectivity index (χ4v) is 6.39. The van der Waals surface area contributed by atoms with Crippen LogP contribution in [-0.4, -0.2) is 75.7 Å². The van der Waals surface area contributed by atoms with Crippen LogP contribution < -0.4 is 9.47 Å². The highest BCUT2D eigenvalue weighted by Crippen LogP contribution is 2.35. The fraction of sp³-hybridized carbons (Fsp3) is 0.684. The van der Waals surface area contributed by atoms with Crippen molar-refractivity contribution in [3.8, 4) is 11.5 Å². The van der Waals surface area contributed by atoms with Gasteiger partial charge >= 0.3 is 0 Å². The Bertz CT molecular complexity index is 741. The van der Waals surface area contributed by atoms with Gasteiger partial charge in [0, 0.05) is 44.3 Å². The first-order valence-electron chi connectivity index (χ1n) is 9.38. The van der Waals surface area contributed by atoms with E-state index in [1.54, 1.807) is 14.2 Å². The first-order valence-corrected chi connectivity index (χ1v) is 11.2. The summed E-state index contributed by atoms with van der Waals surface area (Å²) in [5, 5.41) is 0. The molecule has 4 rings (SSSR count). The van der Waals surface area contributed by atoms with Crippen molar-refractivity contribution in [2.24, 2.45) is 5.92 Å². The first-order chi connectivity index (χ1) is 12.5. The fourth-order valence-electron chi connectivity index (χ4n) is 4.34. The van der Waals surface area contributed by atoms with Crippen molar-refractivity contribution in [2.45, 2.75) is 31.5 Å². The van der Waals surface area contributed by atoms with E-state index in [0.29, 0.717) is 5.75 Å². The molecule has 0 spiro atoms. The summed E-state index contributed by atoms with van der Waals surface area (Å²) in [6.07, 6.45) is 2.60. The predicted molar refractivity (Wildman–Crippen MR) is 100 cm³/mol. The number of methoxy groups -OCH3 is 2. The Hall–Kier alpha value is -1.31. The number of benzene rings is 1. The molecule has 2 atom stereocenters. The molecule has 2 saturated heterocycles. The predicted octanol–water partition coefficient (Wildman–Crippen LogP) is 1.40. The van der Waals surface area contributed by atoms with E-state index < -0.39 is 9.84 Å². The van der Waals surface area contributed by atoms with Crippen LogP contribution in [0.15, 0.2) is 18.2 Å². The van der Waals surface area contributed by atoms with Gasteiger partial charge in [-0.1, -0.05) is 0 Å². The van der Waals surface area contributed by atoms with E-state index in [9.17, 15) is 8.42 Å². The van der Waals surface area contributed by atoms with E-state index in [0.717, 1.165) is 49.2 Å². The Morgan fingerprint density at radius 2 is 1.54 bits per heavy atom. The average Bonchev–Trinajstić information content (AvgIpc) is 3.37. The number of fused-ring (bicyclic) bond motifs is 1. The maximum atomic E-state index is 12.3. The van der Waals surface area contributed by atoms with Crippen LogP contribution in [0, 0.1) is 5.92 Å². The molecule has 2 aliphatic heterocycles. The average molecular weight is 381 g/mol. The lowest BCUT2D eigenvalue weighted by atomic mass is 10.0. The van der Waals surface area contributed by atoms with E-state index in [1.807, 2.05) is 18.2 Å². The number of ether oxygens (including phenoxy) is 2. The van der Waals surface area contributed by atoms with Crippen molar-refractivity contribution in [3.05, 3.63) is 23.8 Å². The summed E-state index contributed by atoms with van der Waals surface area (Å²) in [7, 11) is 0.334. The standard InChI is InChI=1S/C19H28N2O4S/c1-24-16-7-15(8-17(9-16)25-2)11-21-6-5-20(10-14-3-4-14)18-12-26(22,23)13-19(18)21/h7-9,14,18-19H,3-6,10-13H2,1-2H3/t18-,19+/m1/s1. The molecule has 6 nitrogen and oxygen atoms in total. The molecule has 1 saturated carbocycles. The van der Waals surface area contributed by atoms with E-state index in [2.05, 4.69) is 9.80 Å². The lowest BCUT2D eigenvalue weighted by Crippen LogP contribution is -2.59. The van der Waals surface area contributed by atoms with Gasteiger partial charge in [0.2, 0.25) is 0 Å². The maximum Gasteiger partial charge on any atom is 0.153 e. The van der Waals surface area contributed by atoms with Gasteiger partial charge in [0.1, 0.15) is 11.5 Å². The van der Waals surface area contributed by atoms with Gasteiger partial charge in [0.25, 0.3) is 0 Å². The van der Waals surface area contributed by atoms with Crippen LogP contribution in [-0.2, 0) is 16.4 Å². The van der Waals surface area contributed by atoms with Crippen LogP contribution in [0.5, 0.6) is 11.5 Å². The van der Waals surface area contributed by atoms with Crippen LogP contribution in [0.2, 0.25) is 0 Å². The van der Waals surface area contributed by atoms with Gasteiger partial charge in [-0.3, -0.25) is 9.80 Å². The lowest BCUT2D eigenvalue weighted by Gasteiger charge is -2.44. The summed E-state index contributed by atoms with van der Waals surface area (Å²) < 4.78 is 35.4. The van der Waals surface area contributed by atoms with Crippen molar-refractivity contribution in [2.75, 3.05) is 45.4 Å². The van der Waals surface area contributed by atoms with Crippen LogP contribution in [0.4, 0.5) is 0 Å². The number of piperazine rings is 1. The number of hydrogen-bond acceptors (Lipinski definition) is 6. The third-order valence-corrected chi connectivity index (χ3v) is 7.59. The molecule has 144 valence electrons. The Labute approximate surface area is 156 Å². The third-order valence-electron chi connectivity index (χ3n) is 5.89. The zero-order chi connectivity index (χ0) is 18.3. The Kier molecular flexibility index (Phi) is 4.88. The summed E-state index contributed by atoms with van der Waals surface area (Å²) in [5.74, 6) is 2.90. The summed E-state index contributed by atoms with van der Waals surface area (Å²) in [4.78, 5) is 4.78. The molecule has 0 aromatic heterocycles. The number of hydrogen-bond donors (Lipinski definition) is 0. The first kappa shape index (κ1) is 18.1. The normalized spacial score (nSPS) is 28.7. The van der Waals surface area contributed by atoms with Crippen LogP contribution in [0.25, 0.3) is 0 Å². The number of sulfone groups is 1. The molecular formula is C19H28N2O4S. The van der Waals surface area contributed by atoms with Crippen LogP contribution >= 0.6 is 0 Å². The molecule has 3 fully saturated rings. The molecular weight excluding hydrogens is 352 g/mol. The van der Waals surface area contributed by atoms with Crippen molar-refractivity contribution in [3.63, 3.8) is 0 Å². The molecule has 1 aromatic rings. The van der Waals surface area contributed by atoms with Gasteiger partial charge in [-0.05, 0) is 36.5 Å². The molecule has 2 heterocycles. The van der Waals surface area contributed by atoms with Crippen molar-refractivity contribution < 1.29 is 17.9 Å². The van der Waals surface area contributed by atoms with E-state index in [1.165, 1.54) is 12.8 Å². The van der Waals surface area contributed by atoms with Gasteiger partial charge in [-0.25, -0.2) is 8.42 Å². The van der Waals surface area contributed by atoms with E-state index in [4.69, 9.17) is 9.47 Å². The van der Waals surface area contributed by atoms with E-state index >= 15 is 0 Å². The highest BCUT2D eigenvalue weighted by molar-refractivity contribution is 7.91. The van der Waals surface area contributed by atoms with Gasteiger partial charge < -0.3 is 9.47 Å². The summed E-state index contributed by atoms with van der Waals surface area (Å²) >= 11 is 0. The highest BCUT2D eigenvalue weighted by atomic mass is 32.2. The van der Waals surface area contributed by atoms with Crippen LogP contribution in [0.3, 0.4) is 0 Å². The topological polar surface area (TPSA) is 59.1 Å². The van der Waals surface area contributed by atoms with Gasteiger partial charge in [0.05, 0.1) is 25.7 Å². The molecule has 0 radical (unpaired) electrons. The summed E-state index contributed by atoms with van der Waals surface area (Å²) in [6.45, 7) is 3.65. The number of nitrogens with zero attached hydrogens (tertiary/aromatic N) is 2. The lowest BCUT2D eigenvalue weighted by molar-refractivity contribution is 0.0376. The zero-order valence-corrected chi connectivity index (χ0v) is 16.4. The molecule has 0 bridgehead atoms. The second kappa shape index (κ2) is 7.02. The molecule has 26 heavy (non-hydrogen) atoms. The zero-order valence-electron chi connectivity index (χ0n) is 15.6. The van der Waals surface area contributed by atoms with Crippen molar-refractivity contribution in [1.82, 2.24) is 9.80 Å². The number of rotatable bonds is 6. The molecule has 3 aliphatic rings. The minimum absolute atomic E-state index is 0.0877. The largest absolute Gasteiger partial charge is 0.497 e. The van der Waals surface area contributed by atoms with Gasteiger partial charge in [-0.2, -0.15) is 0 Å². The molecule has 0 amide bonds. The highest BCUT2D eigenvalue weighted by Gasteiger charge is 2.47. The maximum absolute atomic E-state index is 12.3. The van der Waals surface area contributed by atoms with Crippen LogP contribution in [0.1, 0.15) is 18.4 Å². The SMILES string of the molecule is COc1cc(CN2CCN(CC3CC3)[C@@H]3CS(=O)(=O)C[C@@H]32)cc(OC)c1. The minimum atomic E-state index is -2.96. The molecule has 0 N–H and O–H groups in total. The molecule has 0 unspecified atom stereocenters. The Morgan fingerprint density at radius 3 is 2.12 bits per heavy atom. The van der Waals surface area contributed by atoms with Gasteiger partial charge in [0.15, 0.2) is 9.84 Å². The quantitative estimate of drug-likeness (QED) is 0.744. The second-order valence-corrected chi connectivity index (χ2v) is 10.00. The third kappa shape index (κ3) is 3.85. The van der Waals surface area contributed by atoms with E-state index in [-0.39, 0.29) is 17.8 Å². The Morgan fingerprint density at radius 1 is 0.962 bits per heavy atom. The Balaban J connectivity index is 1.53. The molecule has 1 aromatic carbocycles. The second-order valence-electron chi connectivity index (χ2n) is 7.84.